The van der Waals surface area contributed by atoms with Crippen LogP contribution in [0.15, 0.2) is 35.3 Å². The van der Waals surface area contributed by atoms with Crippen LogP contribution in [0.4, 0.5) is 10.2 Å². The maximum Gasteiger partial charge on any atom is 0.258 e. The number of nitrogens with zero attached hydrogens (tertiary/aromatic N) is 1. The minimum absolute atomic E-state index is 0.251. The Morgan fingerprint density at radius 2 is 2.00 bits per heavy atom. The lowest BCUT2D eigenvalue weighted by molar-refractivity contribution is 0.478. The molecule has 3 aromatic rings. The fraction of sp³-hybridized carbons (Fsp3) is 0.294. The number of hydrogen-bond acceptors (Lipinski definition) is 4. The largest absolute Gasteiger partial charge is 0.367 e. The van der Waals surface area contributed by atoms with Gasteiger partial charge in [-0.3, -0.25) is 4.79 Å². The minimum Gasteiger partial charge on any atom is -0.367 e. The molecule has 118 valence electrons. The number of benzene rings is 1. The number of pyridine rings is 2. The zero-order valence-corrected chi connectivity index (χ0v) is 12.5. The highest BCUT2D eigenvalue weighted by molar-refractivity contribution is 6.09. The van der Waals surface area contributed by atoms with Crippen molar-refractivity contribution in [3.8, 4) is 0 Å². The number of aromatic amines is 1. The summed E-state index contributed by atoms with van der Waals surface area (Å²) in [4.78, 5) is 19.4. The number of halogens is 1. The van der Waals surface area contributed by atoms with Gasteiger partial charge < -0.3 is 15.6 Å². The first-order valence-electron chi connectivity index (χ1n) is 7.80. The number of fused-ring (bicyclic) bond motifs is 3. The molecule has 5 nitrogen and oxygen atoms in total. The summed E-state index contributed by atoms with van der Waals surface area (Å²) in [6, 6.07) is 6.57. The van der Waals surface area contributed by atoms with Gasteiger partial charge in [0, 0.05) is 23.0 Å². The molecule has 0 saturated carbocycles. The van der Waals surface area contributed by atoms with E-state index in [0.29, 0.717) is 28.1 Å². The number of nitrogens with one attached hydrogen (secondary N) is 3. The van der Waals surface area contributed by atoms with Gasteiger partial charge in [0.2, 0.25) is 0 Å². The standard InChI is InChI=1S/C17H17FN4O/c18-10-1-2-12-13(9-10)15-14(5-8-20-17(15)23)22-16(12)21-11-3-6-19-7-4-11/h1-2,5,8-9,11,19H,3-4,6-7H2,(H,20,23)(H,21,22). The summed E-state index contributed by atoms with van der Waals surface area (Å²) in [6.45, 7) is 1.94. The molecule has 2 aromatic heterocycles. The van der Waals surface area contributed by atoms with Crippen LogP contribution < -0.4 is 16.2 Å². The van der Waals surface area contributed by atoms with Crippen LogP contribution in [-0.2, 0) is 0 Å². The van der Waals surface area contributed by atoms with Crippen molar-refractivity contribution in [1.82, 2.24) is 15.3 Å². The number of rotatable bonds is 2. The highest BCUT2D eigenvalue weighted by Crippen LogP contribution is 2.29. The summed E-state index contributed by atoms with van der Waals surface area (Å²) in [5.41, 5.74) is 0.322. The summed E-state index contributed by atoms with van der Waals surface area (Å²) >= 11 is 0. The zero-order valence-electron chi connectivity index (χ0n) is 12.5. The van der Waals surface area contributed by atoms with Gasteiger partial charge in [-0.15, -0.1) is 0 Å². The lowest BCUT2D eigenvalue weighted by Crippen LogP contribution is -2.35. The Kier molecular flexibility index (Phi) is 3.46. The molecule has 23 heavy (non-hydrogen) atoms. The van der Waals surface area contributed by atoms with Crippen LogP contribution in [0.2, 0.25) is 0 Å². The SMILES string of the molecule is O=c1[nH]ccc2nc(NC3CCNCC3)c3ccc(F)cc3c12. The van der Waals surface area contributed by atoms with E-state index in [9.17, 15) is 9.18 Å². The second-order valence-electron chi connectivity index (χ2n) is 5.89. The number of anilines is 1. The molecule has 0 amide bonds. The fourth-order valence-corrected chi connectivity index (χ4v) is 3.20. The molecular formula is C17H17FN4O. The van der Waals surface area contributed by atoms with Gasteiger partial charge in [-0.25, -0.2) is 9.37 Å². The Balaban J connectivity index is 1.93. The molecular weight excluding hydrogens is 295 g/mol. The van der Waals surface area contributed by atoms with Crippen molar-refractivity contribution in [2.45, 2.75) is 18.9 Å². The highest BCUT2D eigenvalue weighted by Gasteiger charge is 2.17. The van der Waals surface area contributed by atoms with Gasteiger partial charge in [-0.2, -0.15) is 0 Å². The molecule has 1 aliphatic rings. The first-order valence-corrected chi connectivity index (χ1v) is 7.80. The maximum absolute atomic E-state index is 13.7. The summed E-state index contributed by atoms with van der Waals surface area (Å²) in [5, 5.41) is 8.59. The molecule has 0 radical (unpaired) electrons. The number of piperidine rings is 1. The Labute approximate surface area is 131 Å². The quantitative estimate of drug-likeness (QED) is 0.636. The topological polar surface area (TPSA) is 69.8 Å². The van der Waals surface area contributed by atoms with E-state index in [1.807, 2.05) is 0 Å². The van der Waals surface area contributed by atoms with Crippen LogP contribution in [0.25, 0.3) is 21.7 Å². The Hall–Kier alpha value is -2.47. The Morgan fingerprint density at radius 1 is 1.17 bits per heavy atom. The predicted octanol–water partition coefficient (Wildman–Crippen LogP) is 2.38. The van der Waals surface area contributed by atoms with E-state index in [1.54, 1.807) is 18.3 Å². The van der Waals surface area contributed by atoms with Crippen LogP contribution in [0.3, 0.4) is 0 Å². The van der Waals surface area contributed by atoms with E-state index in [2.05, 4.69) is 20.6 Å². The van der Waals surface area contributed by atoms with Crippen molar-refractivity contribution in [3.63, 3.8) is 0 Å². The Bertz CT molecular complexity index is 931. The molecule has 0 spiro atoms. The van der Waals surface area contributed by atoms with Gasteiger partial charge in [0.05, 0.1) is 10.9 Å². The molecule has 0 aliphatic carbocycles. The highest BCUT2D eigenvalue weighted by atomic mass is 19.1. The minimum atomic E-state index is -0.360. The lowest BCUT2D eigenvalue weighted by atomic mass is 10.0. The van der Waals surface area contributed by atoms with Crippen molar-refractivity contribution >= 4 is 27.5 Å². The average molecular weight is 312 g/mol. The maximum atomic E-state index is 13.7. The molecule has 4 rings (SSSR count). The molecule has 0 atom stereocenters. The van der Waals surface area contributed by atoms with Crippen LogP contribution in [0.5, 0.6) is 0 Å². The van der Waals surface area contributed by atoms with E-state index in [0.717, 1.165) is 31.3 Å². The molecule has 1 aliphatic heterocycles. The zero-order chi connectivity index (χ0) is 15.8. The first kappa shape index (κ1) is 14.1. The molecule has 0 unspecified atom stereocenters. The number of aromatic nitrogens is 2. The average Bonchev–Trinajstić information content (AvgIpc) is 2.55. The van der Waals surface area contributed by atoms with E-state index in [-0.39, 0.29) is 11.4 Å². The molecule has 1 aromatic carbocycles. The summed E-state index contributed by atoms with van der Waals surface area (Å²) in [6.07, 6.45) is 3.59. The first-order chi connectivity index (χ1) is 11.2. The van der Waals surface area contributed by atoms with Crippen LogP contribution >= 0.6 is 0 Å². The van der Waals surface area contributed by atoms with Crippen molar-refractivity contribution in [1.29, 1.82) is 0 Å². The van der Waals surface area contributed by atoms with Crippen LogP contribution in [0.1, 0.15) is 12.8 Å². The van der Waals surface area contributed by atoms with Crippen LogP contribution in [-0.4, -0.2) is 29.1 Å². The van der Waals surface area contributed by atoms with Gasteiger partial charge >= 0.3 is 0 Å². The van der Waals surface area contributed by atoms with Gasteiger partial charge in [-0.1, -0.05) is 0 Å². The molecule has 1 fully saturated rings. The molecule has 1 saturated heterocycles. The summed E-state index contributed by atoms with van der Waals surface area (Å²) < 4.78 is 13.7. The molecule has 6 heteroatoms. The molecule has 0 bridgehead atoms. The second kappa shape index (κ2) is 5.62. The monoisotopic (exact) mass is 312 g/mol. The Morgan fingerprint density at radius 3 is 2.83 bits per heavy atom. The van der Waals surface area contributed by atoms with E-state index in [1.165, 1.54) is 12.1 Å². The third kappa shape index (κ3) is 2.55. The van der Waals surface area contributed by atoms with Crippen LogP contribution in [0, 0.1) is 5.82 Å². The summed E-state index contributed by atoms with van der Waals surface area (Å²) in [5.74, 6) is 0.353. The lowest BCUT2D eigenvalue weighted by Gasteiger charge is -2.25. The second-order valence-corrected chi connectivity index (χ2v) is 5.89. The normalized spacial score (nSPS) is 16.0. The smallest absolute Gasteiger partial charge is 0.258 e. The van der Waals surface area contributed by atoms with Gasteiger partial charge in [0.1, 0.15) is 11.6 Å². The van der Waals surface area contributed by atoms with Gasteiger partial charge in [-0.05, 0) is 50.2 Å². The number of H-pyrrole nitrogens is 1. The van der Waals surface area contributed by atoms with Gasteiger partial charge in [0.25, 0.3) is 5.56 Å². The van der Waals surface area contributed by atoms with Crippen molar-refractivity contribution in [3.05, 3.63) is 46.6 Å². The van der Waals surface area contributed by atoms with E-state index in [4.69, 9.17) is 0 Å². The molecule has 3 heterocycles. The predicted molar refractivity (Wildman–Crippen MR) is 89.3 cm³/mol. The third-order valence-corrected chi connectivity index (χ3v) is 4.36. The van der Waals surface area contributed by atoms with Gasteiger partial charge in [0.15, 0.2) is 0 Å². The van der Waals surface area contributed by atoms with Crippen molar-refractivity contribution in [2.24, 2.45) is 0 Å². The number of hydrogen-bond donors (Lipinski definition) is 3. The molecule has 3 N–H and O–H groups in total. The van der Waals surface area contributed by atoms with E-state index >= 15 is 0 Å². The third-order valence-electron chi connectivity index (χ3n) is 4.36. The van der Waals surface area contributed by atoms with Crippen molar-refractivity contribution in [2.75, 3.05) is 18.4 Å². The van der Waals surface area contributed by atoms with E-state index < -0.39 is 0 Å². The fourth-order valence-electron chi connectivity index (χ4n) is 3.20. The summed E-state index contributed by atoms with van der Waals surface area (Å²) in [7, 11) is 0. The van der Waals surface area contributed by atoms with Crippen molar-refractivity contribution < 1.29 is 4.39 Å².